The van der Waals surface area contributed by atoms with Crippen LogP contribution in [0.4, 0.5) is 5.69 Å². The predicted molar refractivity (Wildman–Crippen MR) is 52.1 cm³/mol. The Balaban J connectivity index is 2.63. The molecule has 1 aromatic carbocycles. The zero-order valence-electron chi connectivity index (χ0n) is 7.82. The third-order valence-corrected chi connectivity index (χ3v) is 1.60. The number of ether oxygens (including phenoxy) is 1. The fourth-order valence-corrected chi connectivity index (χ4v) is 0.891. The van der Waals surface area contributed by atoms with E-state index in [2.05, 4.69) is 5.32 Å². The van der Waals surface area contributed by atoms with Crippen LogP contribution in [0.5, 0.6) is 5.75 Å². The summed E-state index contributed by atoms with van der Waals surface area (Å²) in [5.74, 6) is 0.203. The molecule has 1 rings (SSSR count). The quantitative estimate of drug-likeness (QED) is 0.448. The van der Waals surface area contributed by atoms with Crippen LogP contribution >= 0.6 is 0 Å². The Kier molecular flexibility index (Phi) is 3.67. The first-order chi connectivity index (χ1) is 6.76. The molecule has 74 valence electrons. The number of anilines is 1. The molecule has 4 nitrogen and oxygen atoms in total. The summed E-state index contributed by atoms with van der Waals surface area (Å²) in [6, 6.07) is 6.57. The Morgan fingerprint density at radius 3 is 2.57 bits per heavy atom. The molecular formula is C10H11NO3. The van der Waals surface area contributed by atoms with Crippen molar-refractivity contribution in [3.63, 3.8) is 0 Å². The molecule has 0 aliphatic carbocycles. The van der Waals surface area contributed by atoms with Gasteiger partial charge in [-0.15, -0.1) is 0 Å². The minimum Gasteiger partial charge on any atom is -0.427 e. The molecule has 0 aromatic heterocycles. The lowest BCUT2D eigenvalue weighted by atomic mass is 10.3. The van der Waals surface area contributed by atoms with E-state index < -0.39 is 0 Å². The Bertz CT molecular complexity index is 319. The van der Waals surface area contributed by atoms with Gasteiger partial charge in [-0.3, -0.25) is 9.59 Å². The molecule has 0 fully saturated rings. The number of carbonyl (C=O) groups is 2. The minimum atomic E-state index is -0.277. The second-order valence-corrected chi connectivity index (χ2v) is 2.61. The van der Waals surface area contributed by atoms with E-state index in [1.54, 1.807) is 31.2 Å². The molecule has 0 aliphatic heterocycles. The predicted octanol–water partition coefficient (Wildman–Crippen LogP) is 1.57. The van der Waals surface area contributed by atoms with E-state index in [-0.39, 0.29) is 5.97 Å². The van der Waals surface area contributed by atoms with Crippen LogP contribution in [0.15, 0.2) is 24.3 Å². The van der Waals surface area contributed by atoms with E-state index in [0.717, 1.165) is 0 Å². The topological polar surface area (TPSA) is 55.4 Å². The van der Waals surface area contributed by atoms with Gasteiger partial charge in [0.15, 0.2) is 0 Å². The van der Waals surface area contributed by atoms with Crippen LogP contribution in [0.3, 0.4) is 0 Å². The van der Waals surface area contributed by atoms with Gasteiger partial charge in [-0.1, -0.05) is 6.92 Å². The molecule has 1 aromatic rings. The van der Waals surface area contributed by atoms with Crippen molar-refractivity contribution in [3.05, 3.63) is 24.3 Å². The first-order valence-corrected chi connectivity index (χ1v) is 4.27. The standard InChI is InChI=1S/C10H11NO3/c1-2-10(13)14-9-5-3-8(4-6-9)11-7-12/h3-7H,2H2,1H3,(H,11,12). The first kappa shape index (κ1) is 10.2. The molecule has 0 unspecified atom stereocenters. The van der Waals surface area contributed by atoms with E-state index in [1.165, 1.54) is 0 Å². The SMILES string of the molecule is CCC(=O)Oc1ccc(NC=O)cc1. The summed E-state index contributed by atoms with van der Waals surface area (Å²) in [7, 11) is 0. The number of nitrogens with one attached hydrogen (secondary N) is 1. The maximum Gasteiger partial charge on any atom is 0.310 e. The molecule has 0 saturated carbocycles. The monoisotopic (exact) mass is 193 g/mol. The summed E-state index contributed by atoms with van der Waals surface area (Å²) in [6.45, 7) is 1.73. The Morgan fingerprint density at radius 1 is 1.43 bits per heavy atom. The van der Waals surface area contributed by atoms with Crippen LogP contribution in [-0.4, -0.2) is 12.4 Å². The molecule has 0 bridgehead atoms. The molecule has 0 radical (unpaired) electrons. The molecule has 1 N–H and O–H groups in total. The van der Waals surface area contributed by atoms with Gasteiger partial charge in [0.25, 0.3) is 0 Å². The molecule has 4 heteroatoms. The van der Waals surface area contributed by atoms with Gasteiger partial charge in [0.05, 0.1) is 0 Å². The molecule has 1 amide bonds. The van der Waals surface area contributed by atoms with E-state index in [0.29, 0.717) is 24.3 Å². The number of hydrogen-bond donors (Lipinski definition) is 1. The molecule has 0 heterocycles. The van der Waals surface area contributed by atoms with Crippen LogP contribution in [0.1, 0.15) is 13.3 Å². The lowest BCUT2D eigenvalue weighted by molar-refractivity contribution is -0.134. The van der Waals surface area contributed by atoms with Crippen LogP contribution in [-0.2, 0) is 9.59 Å². The highest BCUT2D eigenvalue weighted by Crippen LogP contribution is 2.15. The first-order valence-electron chi connectivity index (χ1n) is 4.27. The van der Waals surface area contributed by atoms with Crippen LogP contribution in [0.25, 0.3) is 0 Å². The summed E-state index contributed by atoms with van der Waals surface area (Å²) < 4.78 is 4.94. The van der Waals surface area contributed by atoms with Crippen molar-refractivity contribution in [3.8, 4) is 5.75 Å². The normalized spacial score (nSPS) is 9.21. The number of amides is 1. The summed E-state index contributed by atoms with van der Waals surface area (Å²) in [5, 5.41) is 2.48. The van der Waals surface area contributed by atoms with E-state index in [1.807, 2.05) is 0 Å². The fourth-order valence-electron chi connectivity index (χ4n) is 0.891. The molecule has 0 aliphatic rings. The van der Waals surface area contributed by atoms with Gasteiger partial charge in [0, 0.05) is 12.1 Å². The van der Waals surface area contributed by atoms with Gasteiger partial charge in [-0.25, -0.2) is 0 Å². The third-order valence-electron chi connectivity index (χ3n) is 1.60. The number of hydrogen-bond acceptors (Lipinski definition) is 3. The summed E-state index contributed by atoms with van der Waals surface area (Å²) >= 11 is 0. The second-order valence-electron chi connectivity index (χ2n) is 2.61. The van der Waals surface area contributed by atoms with Crippen LogP contribution in [0.2, 0.25) is 0 Å². The number of esters is 1. The summed E-state index contributed by atoms with van der Waals surface area (Å²) in [4.78, 5) is 21.0. The molecule has 14 heavy (non-hydrogen) atoms. The van der Waals surface area contributed by atoms with Crippen LogP contribution < -0.4 is 10.1 Å². The zero-order chi connectivity index (χ0) is 10.4. The van der Waals surface area contributed by atoms with Gasteiger partial charge >= 0.3 is 5.97 Å². The highest BCUT2D eigenvalue weighted by atomic mass is 16.5. The molecular weight excluding hydrogens is 182 g/mol. The maximum absolute atomic E-state index is 10.9. The molecule has 0 saturated heterocycles. The lowest BCUT2D eigenvalue weighted by Gasteiger charge is -2.03. The number of benzene rings is 1. The average molecular weight is 193 g/mol. The van der Waals surface area contributed by atoms with E-state index in [9.17, 15) is 9.59 Å². The molecule has 0 spiro atoms. The van der Waals surface area contributed by atoms with E-state index >= 15 is 0 Å². The van der Waals surface area contributed by atoms with Crippen molar-refractivity contribution in [1.29, 1.82) is 0 Å². The van der Waals surface area contributed by atoms with E-state index in [4.69, 9.17) is 4.74 Å². The van der Waals surface area contributed by atoms with Gasteiger partial charge in [0.2, 0.25) is 6.41 Å². The number of carbonyl (C=O) groups excluding carboxylic acids is 2. The average Bonchev–Trinajstić information content (AvgIpc) is 2.21. The van der Waals surface area contributed by atoms with Gasteiger partial charge in [-0.2, -0.15) is 0 Å². The smallest absolute Gasteiger partial charge is 0.310 e. The fraction of sp³-hybridized carbons (Fsp3) is 0.200. The summed E-state index contributed by atoms with van der Waals surface area (Å²) in [6.07, 6.45) is 0.932. The maximum atomic E-state index is 10.9. The zero-order valence-corrected chi connectivity index (χ0v) is 7.82. The van der Waals surface area contributed by atoms with Gasteiger partial charge in [-0.05, 0) is 24.3 Å². The van der Waals surface area contributed by atoms with Crippen molar-refractivity contribution in [2.75, 3.05) is 5.32 Å². The highest BCUT2D eigenvalue weighted by Gasteiger charge is 2.00. The molecule has 0 atom stereocenters. The van der Waals surface area contributed by atoms with Gasteiger partial charge < -0.3 is 10.1 Å². The minimum absolute atomic E-state index is 0.277. The van der Waals surface area contributed by atoms with Gasteiger partial charge in [0.1, 0.15) is 5.75 Å². The van der Waals surface area contributed by atoms with Crippen LogP contribution in [0, 0.1) is 0 Å². The summed E-state index contributed by atoms with van der Waals surface area (Å²) in [5.41, 5.74) is 0.663. The van der Waals surface area contributed by atoms with Crippen molar-refractivity contribution in [2.45, 2.75) is 13.3 Å². The highest BCUT2D eigenvalue weighted by molar-refractivity contribution is 5.73. The number of rotatable bonds is 4. The Morgan fingerprint density at radius 2 is 2.07 bits per heavy atom. The Labute approximate surface area is 81.9 Å². The Hall–Kier alpha value is -1.84. The van der Waals surface area contributed by atoms with Crippen molar-refractivity contribution < 1.29 is 14.3 Å². The van der Waals surface area contributed by atoms with Crippen molar-refractivity contribution >= 4 is 18.1 Å². The third kappa shape index (κ3) is 2.90. The largest absolute Gasteiger partial charge is 0.427 e. The second kappa shape index (κ2) is 5.01. The van der Waals surface area contributed by atoms with Crippen molar-refractivity contribution in [1.82, 2.24) is 0 Å². The van der Waals surface area contributed by atoms with Crippen molar-refractivity contribution in [2.24, 2.45) is 0 Å². The lowest BCUT2D eigenvalue weighted by Crippen LogP contribution is -2.05.